The average Bonchev–Trinajstić information content (AvgIpc) is 3.55. The van der Waals surface area contributed by atoms with E-state index >= 15 is 0 Å². The van der Waals surface area contributed by atoms with Gasteiger partial charge in [0.2, 0.25) is 11.8 Å². The fourth-order valence-corrected chi connectivity index (χ4v) is 5.20. The van der Waals surface area contributed by atoms with Crippen LogP contribution in [0.5, 0.6) is 5.75 Å². The van der Waals surface area contributed by atoms with Crippen molar-refractivity contribution in [3.05, 3.63) is 110 Å². The van der Waals surface area contributed by atoms with Gasteiger partial charge in [-0.05, 0) is 83.0 Å². The molecule has 0 radical (unpaired) electrons. The van der Waals surface area contributed by atoms with E-state index in [0.29, 0.717) is 38.5 Å². The molecule has 4 aromatic heterocycles. The van der Waals surface area contributed by atoms with Gasteiger partial charge in [-0.3, -0.25) is 14.0 Å². The summed E-state index contributed by atoms with van der Waals surface area (Å²) in [7, 11) is 0. The molecule has 2 amide bonds. The van der Waals surface area contributed by atoms with Crippen LogP contribution < -0.4 is 15.4 Å². The lowest BCUT2D eigenvalue weighted by Gasteiger charge is -2.16. The second kappa shape index (κ2) is 12.8. The molecule has 1 aromatic carbocycles. The normalized spacial score (nSPS) is 11.3. The third kappa shape index (κ3) is 6.51. The molecule has 0 saturated carbocycles. The minimum atomic E-state index is -0.278. The number of nitrogens with zero attached hydrogens (tertiary/aromatic N) is 4. The monoisotopic (exact) mass is 666 g/mol. The van der Waals surface area contributed by atoms with Crippen molar-refractivity contribution in [3.63, 3.8) is 0 Å². The van der Waals surface area contributed by atoms with Crippen molar-refractivity contribution in [2.75, 3.05) is 5.32 Å². The number of ether oxygens (including phenoxy) is 1. The highest BCUT2D eigenvalue weighted by molar-refractivity contribution is 9.10. The number of nitrogens with one attached hydrogen (secondary N) is 2. The Morgan fingerprint density at radius 1 is 1.10 bits per heavy atom. The molecule has 0 fully saturated rings. The lowest BCUT2D eigenvalue weighted by atomic mass is 10.2. The van der Waals surface area contributed by atoms with E-state index in [1.165, 1.54) is 13.0 Å². The van der Waals surface area contributed by atoms with Crippen LogP contribution >= 0.6 is 39.1 Å². The Balaban J connectivity index is 1.27. The van der Waals surface area contributed by atoms with Gasteiger partial charge < -0.3 is 19.9 Å². The Morgan fingerprint density at radius 3 is 2.67 bits per heavy atom. The summed E-state index contributed by atoms with van der Waals surface area (Å²) in [6, 6.07) is 14.5. The van der Waals surface area contributed by atoms with Crippen LogP contribution in [0.25, 0.3) is 17.4 Å². The summed E-state index contributed by atoms with van der Waals surface area (Å²) in [4.78, 5) is 32.4. The summed E-state index contributed by atoms with van der Waals surface area (Å²) in [5, 5.41) is 6.40. The van der Waals surface area contributed by atoms with E-state index in [0.717, 1.165) is 21.6 Å². The van der Waals surface area contributed by atoms with Crippen LogP contribution in [-0.4, -0.2) is 30.8 Å². The molecule has 4 heterocycles. The zero-order valence-electron chi connectivity index (χ0n) is 22.6. The molecule has 0 spiro atoms. The maximum Gasteiger partial charge on any atom is 0.244 e. The number of rotatable bonds is 9. The third-order valence-electron chi connectivity index (χ3n) is 6.31. The second-order valence-electron chi connectivity index (χ2n) is 9.28. The molecular formula is C30H25BrCl2N6O3. The lowest BCUT2D eigenvalue weighted by molar-refractivity contribution is -0.116. The van der Waals surface area contributed by atoms with E-state index in [9.17, 15) is 9.59 Å². The number of fused-ring (bicyclic) bond motifs is 1. The molecule has 0 saturated heterocycles. The van der Waals surface area contributed by atoms with E-state index in [1.54, 1.807) is 30.5 Å². The topological polar surface area (TPSA) is 103 Å². The van der Waals surface area contributed by atoms with Crippen molar-refractivity contribution in [2.45, 2.75) is 27.0 Å². The number of imidazole rings is 1. The minimum Gasteiger partial charge on any atom is -0.485 e. The summed E-state index contributed by atoms with van der Waals surface area (Å²) in [6.07, 6.45) is 8.40. The number of halogens is 3. The van der Waals surface area contributed by atoms with Crippen molar-refractivity contribution in [1.82, 2.24) is 24.3 Å². The molecule has 0 aliphatic heterocycles. The molecule has 0 aliphatic carbocycles. The largest absolute Gasteiger partial charge is 0.485 e. The molecule has 0 unspecified atom stereocenters. The molecule has 0 bridgehead atoms. The number of pyridine rings is 2. The number of carbonyl (C=O) groups is 2. The number of benzene rings is 1. The van der Waals surface area contributed by atoms with Gasteiger partial charge in [-0.15, -0.1) is 0 Å². The molecule has 2 N–H and O–H groups in total. The van der Waals surface area contributed by atoms with Gasteiger partial charge in [0.05, 0.1) is 22.9 Å². The SMILES string of the molecule is CC(=O)Nc1ccc(/C=C/C(=O)NCc2cccn2-c2ccc(Cl)c(COc3cccn4c(Br)c(C)nc34)c2Cl)cn1. The van der Waals surface area contributed by atoms with E-state index in [4.69, 9.17) is 27.9 Å². The average molecular weight is 668 g/mol. The smallest absolute Gasteiger partial charge is 0.244 e. The standard InChI is InChI=1S/C30H25BrCl2N6O3/c1-18-29(31)39-14-4-6-25(30(39)36-18)42-17-22-23(32)9-10-24(28(22)33)38-13-3-5-21(38)16-35-27(41)12-8-20-7-11-26(34-15-20)37-19(2)40/h3-15H,16-17H2,1-2H3,(H,35,41)(H,34,37,40)/b12-8+. The van der Waals surface area contributed by atoms with Crippen LogP contribution in [0, 0.1) is 6.92 Å². The first kappa shape index (κ1) is 29.4. The van der Waals surface area contributed by atoms with Gasteiger partial charge in [-0.2, -0.15) is 0 Å². The molecule has 5 aromatic rings. The number of hydrogen-bond donors (Lipinski definition) is 2. The number of aromatic nitrogens is 4. The highest BCUT2D eigenvalue weighted by Crippen LogP contribution is 2.33. The Hall–Kier alpha value is -4.12. The summed E-state index contributed by atoms with van der Waals surface area (Å²) < 4.78 is 10.8. The maximum absolute atomic E-state index is 12.5. The first-order chi connectivity index (χ1) is 20.2. The van der Waals surface area contributed by atoms with E-state index < -0.39 is 0 Å². The van der Waals surface area contributed by atoms with Crippen LogP contribution in [0.1, 0.15) is 29.4 Å². The fraction of sp³-hybridized carbons (Fsp3) is 0.133. The first-order valence-electron chi connectivity index (χ1n) is 12.8. The molecule has 214 valence electrons. The van der Waals surface area contributed by atoms with Crippen LogP contribution in [0.3, 0.4) is 0 Å². The van der Waals surface area contributed by atoms with Crippen LogP contribution in [0.2, 0.25) is 10.0 Å². The Labute approximate surface area is 260 Å². The molecule has 42 heavy (non-hydrogen) atoms. The summed E-state index contributed by atoms with van der Waals surface area (Å²) in [5.41, 5.74) is 4.40. The zero-order chi connectivity index (χ0) is 29.8. The van der Waals surface area contributed by atoms with Crippen molar-refractivity contribution in [2.24, 2.45) is 0 Å². The number of aryl methyl sites for hydroxylation is 1. The van der Waals surface area contributed by atoms with Gasteiger partial charge in [0, 0.05) is 47.9 Å². The van der Waals surface area contributed by atoms with Crippen LogP contribution in [0.15, 0.2) is 77.8 Å². The zero-order valence-corrected chi connectivity index (χ0v) is 25.7. The Kier molecular flexibility index (Phi) is 8.96. The summed E-state index contributed by atoms with van der Waals surface area (Å²) >= 11 is 17.0. The highest BCUT2D eigenvalue weighted by Gasteiger charge is 2.17. The van der Waals surface area contributed by atoms with E-state index in [2.05, 4.69) is 36.5 Å². The predicted molar refractivity (Wildman–Crippen MR) is 167 cm³/mol. The van der Waals surface area contributed by atoms with Crippen molar-refractivity contribution < 1.29 is 14.3 Å². The number of anilines is 1. The number of hydrogen-bond acceptors (Lipinski definition) is 5. The summed E-state index contributed by atoms with van der Waals surface area (Å²) in [5.74, 6) is 0.561. The third-order valence-corrected chi connectivity index (χ3v) is 8.04. The Morgan fingerprint density at radius 2 is 1.90 bits per heavy atom. The van der Waals surface area contributed by atoms with Crippen LogP contribution in [0.4, 0.5) is 5.82 Å². The van der Waals surface area contributed by atoms with Gasteiger partial charge in [0.1, 0.15) is 17.0 Å². The second-order valence-corrected chi connectivity index (χ2v) is 10.8. The molecule has 0 aliphatic rings. The maximum atomic E-state index is 12.5. The molecule has 0 atom stereocenters. The van der Waals surface area contributed by atoms with Crippen molar-refractivity contribution in [1.29, 1.82) is 0 Å². The lowest BCUT2D eigenvalue weighted by Crippen LogP contribution is -2.21. The van der Waals surface area contributed by atoms with Crippen molar-refractivity contribution >= 4 is 68.5 Å². The number of carbonyl (C=O) groups excluding carboxylic acids is 2. The van der Waals surface area contributed by atoms with Gasteiger partial charge in [0.15, 0.2) is 11.4 Å². The van der Waals surface area contributed by atoms with Gasteiger partial charge in [-0.25, -0.2) is 9.97 Å². The van der Waals surface area contributed by atoms with Crippen LogP contribution in [-0.2, 0) is 22.7 Å². The molecule has 5 rings (SSSR count). The van der Waals surface area contributed by atoms with Gasteiger partial charge in [0.25, 0.3) is 0 Å². The van der Waals surface area contributed by atoms with E-state index in [1.807, 2.05) is 58.6 Å². The minimum absolute atomic E-state index is 0.132. The predicted octanol–water partition coefficient (Wildman–Crippen LogP) is 6.76. The highest BCUT2D eigenvalue weighted by atomic mass is 79.9. The molecule has 9 nitrogen and oxygen atoms in total. The van der Waals surface area contributed by atoms with Gasteiger partial charge in [-0.1, -0.05) is 23.2 Å². The first-order valence-corrected chi connectivity index (χ1v) is 14.3. The summed E-state index contributed by atoms with van der Waals surface area (Å²) in [6.45, 7) is 3.72. The quantitative estimate of drug-likeness (QED) is 0.169. The van der Waals surface area contributed by atoms with E-state index in [-0.39, 0.29) is 25.0 Å². The number of amides is 2. The fourth-order valence-electron chi connectivity index (χ4n) is 4.26. The Bertz CT molecular complexity index is 1810. The van der Waals surface area contributed by atoms with Crippen molar-refractivity contribution in [3.8, 4) is 11.4 Å². The molecular weight excluding hydrogens is 643 g/mol. The molecule has 12 heteroatoms. The van der Waals surface area contributed by atoms with Gasteiger partial charge >= 0.3 is 0 Å².